The topological polar surface area (TPSA) is 26.0 Å². The Morgan fingerprint density at radius 2 is 1.73 bits per heavy atom. The van der Waals surface area contributed by atoms with Gasteiger partial charge in [0.25, 0.3) is 0 Å². The summed E-state index contributed by atoms with van der Waals surface area (Å²) in [4.78, 5) is 0. The van der Waals surface area contributed by atoms with Gasteiger partial charge >= 0.3 is 0 Å². The van der Waals surface area contributed by atoms with Gasteiger partial charge in [0.2, 0.25) is 0 Å². The van der Waals surface area contributed by atoms with Crippen LogP contribution < -0.4 is 5.73 Å². The van der Waals surface area contributed by atoms with Gasteiger partial charge in [-0.05, 0) is 86.6 Å². The van der Waals surface area contributed by atoms with E-state index >= 15 is 0 Å². The molecule has 0 heterocycles. The number of hydrogen-bond acceptors (Lipinski definition) is 1. The van der Waals surface area contributed by atoms with E-state index in [9.17, 15) is 0 Å². The Bertz CT molecular complexity index is 1340. The molecule has 0 saturated carbocycles. The first-order valence-electron chi connectivity index (χ1n) is 15.0. The molecule has 0 fully saturated rings. The molecule has 0 saturated heterocycles. The summed E-state index contributed by atoms with van der Waals surface area (Å²) in [5.41, 5.74) is 15.8. The minimum Gasteiger partial charge on any atom is -0.325 e. The second kappa shape index (κ2) is 14.3. The van der Waals surface area contributed by atoms with Crippen LogP contribution in [0.15, 0.2) is 127 Å². The molecule has 0 aliphatic heterocycles. The van der Waals surface area contributed by atoms with E-state index < -0.39 is 0 Å². The monoisotopic (exact) mass is 529 g/mol. The molecule has 0 aromatic heterocycles. The minimum absolute atomic E-state index is 0.0867. The lowest BCUT2D eigenvalue weighted by Crippen LogP contribution is -2.22. The molecule has 208 valence electrons. The average molecular weight is 530 g/mol. The molecule has 2 aromatic carbocycles. The van der Waals surface area contributed by atoms with E-state index in [0.717, 1.165) is 19.3 Å². The highest BCUT2D eigenvalue weighted by atomic mass is 14.6. The lowest BCUT2D eigenvalue weighted by molar-refractivity contribution is 0.453. The molecule has 2 aromatic rings. The standard InChI is InChI=1S/C39H47N/c1-6-14-32(7-2)33-21-23-34(24-22-33)37-19-10-8-9-15-29(4)36-18-11-12-20-38(36)39(37)35-17-13-16-31(27-35)26-28(3)25-30(5)40/h6-14,16-25,29-30,35,37,39H,15,26-27,40H2,1-5H3/b9-8-,14-6-,19-10-,28-25-,32-7+/t29-,30?,35?,37?,39?/m0/s1. The van der Waals surface area contributed by atoms with Gasteiger partial charge in [0, 0.05) is 17.9 Å². The number of hydrogen-bond donors (Lipinski definition) is 1. The summed E-state index contributed by atoms with van der Waals surface area (Å²) in [6, 6.07) is 18.6. The molecule has 4 rings (SSSR count). The average Bonchev–Trinajstić information content (AvgIpc) is 2.95. The van der Waals surface area contributed by atoms with E-state index in [2.05, 4.69) is 143 Å². The van der Waals surface area contributed by atoms with Crippen LogP contribution in [0, 0.1) is 5.92 Å². The maximum atomic E-state index is 6.08. The fourth-order valence-corrected chi connectivity index (χ4v) is 6.52. The minimum atomic E-state index is 0.0867. The van der Waals surface area contributed by atoms with Crippen LogP contribution >= 0.6 is 0 Å². The molecular weight excluding hydrogens is 482 g/mol. The number of rotatable bonds is 7. The van der Waals surface area contributed by atoms with Gasteiger partial charge in [0.05, 0.1) is 0 Å². The molecule has 4 unspecified atom stereocenters. The van der Waals surface area contributed by atoms with Crippen molar-refractivity contribution in [2.75, 3.05) is 0 Å². The number of allylic oxidation sites excluding steroid dienone is 13. The third-order valence-corrected chi connectivity index (χ3v) is 8.32. The lowest BCUT2D eigenvalue weighted by atomic mass is 9.68. The highest BCUT2D eigenvalue weighted by Crippen LogP contribution is 2.47. The van der Waals surface area contributed by atoms with Crippen LogP contribution in [0.25, 0.3) is 5.57 Å². The Labute approximate surface area is 243 Å². The maximum Gasteiger partial charge on any atom is 0.0197 e. The van der Waals surface area contributed by atoms with Crippen LogP contribution in [0.5, 0.6) is 0 Å². The SMILES string of the molecule is C/C=C\C(=C/C)c1ccc(C2/C=C\C=C/C[C@H](C)c3ccccc3C2C2C=CC=C(C/C(C)=C\C(C)N)C2)cc1. The van der Waals surface area contributed by atoms with E-state index in [1.807, 2.05) is 6.92 Å². The second-order valence-electron chi connectivity index (χ2n) is 11.6. The predicted octanol–water partition coefficient (Wildman–Crippen LogP) is 10.3. The lowest BCUT2D eigenvalue weighted by Gasteiger charge is -2.36. The van der Waals surface area contributed by atoms with Crippen molar-refractivity contribution in [1.29, 1.82) is 0 Å². The Morgan fingerprint density at radius 1 is 0.975 bits per heavy atom. The van der Waals surface area contributed by atoms with Crippen molar-refractivity contribution in [3.8, 4) is 0 Å². The maximum absolute atomic E-state index is 6.08. The Kier molecular flexibility index (Phi) is 10.6. The number of fused-ring (bicyclic) bond motifs is 1. The van der Waals surface area contributed by atoms with Gasteiger partial charge in [-0.25, -0.2) is 0 Å². The molecule has 0 radical (unpaired) electrons. The molecule has 40 heavy (non-hydrogen) atoms. The van der Waals surface area contributed by atoms with Gasteiger partial charge in [-0.1, -0.05) is 133 Å². The van der Waals surface area contributed by atoms with Crippen LogP contribution in [0.2, 0.25) is 0 Å². The summed E-state index contributed by atoms with van der Waals surface area (Å²) in [6.45, 7) is 10.8. The molecule has 2 aliphatic rings. The molecule has 2 aliphatic carbocycles. The quantitative estimate of drug-likeness (QED) is 0.280. The summed E-state index contributed by atoms with van der Waals surface area (Å²) in [7, 11) is 0. The first-order valence-corrected chi connectivity index (χ1v) is 15.0. The predicted molar refractivity (Wildman–Crippen MR) is 175 cm³/mol. The number of nitrogens with two attached hydrogens (primary N) is 1. The van der Waals surface area contributed by atoms with Crippen molar-refractivity contribution in [3.05, 3.63) is 149 Å². The van der Waals surface area contributed by atoms with Gasteiger partial charge in [0.1, 0.15) is 0 Å². The summed E-state index contributed by atoms with van der Waals surface area (Å²) in [6.07, 6.45) is 28.2. The van der Waals surface area contributed by atoms with Crippen molar-refractivity contribution >= 4 is 5.57 Å². The fourth-order valence-electron chi connectivity index (χ4n) is 6.52. The third kappa shape index (κ3) is 7.40. The van der Waals surface area contributed by atoms with Crippen LogP contribution in [0.3, 0.4) is 0 Å². The zero-order valence-corrected chi connectivity index (χ0v) is 25.1. The highest BCUT2D eigenvalue weighted by molar-refractivity contribution is 5.73. The summed E-state index contributed by atoms with van der Waals surface area (Å²) in [5, 5.41) is 0. The first-order chi connectivity index (χ1) is 19.4. The van der Waals surface area contributed by atoms with Gasteiger partial charge in [-0.15, -0.1) is 0 Å². The molecule has 1 heteroatoms. The third-order valence-electron chi connectivity index (χ3n) is 8.32. The Balaban J connectivity index is 1.79. The van der Waals surface area contributed by atoms with Gasteiger partial charge in [-0.2, -0.15) is 0 Å². The Hall–Kier alpha value is -3.42. The zero-order valence-electron chi connectivity index (χ0n) is 25.1. The van der Waals surface area contributed by atoms with Crippen molar-refractivity contribution in [3.63, 3.8) is 0 Å². The molecule has 2 N–H and O–H groups in total. The fraction of sp³-hybridized carbons (Fsp3) is 0.333. The smallest absolute Gasteiger partial charge is 0.0197 e. The molecule has 0 amide bonds. The van der Waals surface area contributed by atoms with Gasteiger partial charge in [0.15, 0.2) is 0 Å². The van der Waals surface area contributed by atoms with Crippen molar-refractivity contribution in [1.82, 2.24) is 0 Å². The molecule has 0 spiro atoms. The molecule has 5 atom stereocenters. The second-order valence-corrected chi connectivity index (χ2v) is 11.6. The van der Waals surface area contributed by atoms with E-state index in [1.165, 1.54) is 39.0 Å². The van der Waals surface area contributed by atoms with Crippen molar-refractivity contribution < 1.29 is 0 Å². The summed E-state index contributed by atoms with van der Waals surface area (Å²) < 4.78 is 0. The largest absolute Gasteiger partial charge is 0.325 e. The van der Waals surface area contributed by atoms with Crippen LogP contribution in [0.1, 0.15) is 93.9 Å². The zero-order chi connectivity index (χ0) is 28.5. The van der Waals surface area contributed by atoms with Crippen LogP contribution in [0.4, 0.5) is 0 Å². The van der Waals surface area contributed by atoms with E-state index in [-0.39, 0.29) is 12.0 Å². The molecule has 0 bridgehead atoms. The van der Waals surface area contributed by atoms with Crippen molar-refractivity contribution in [2.24, 2.45) is 11.7 Å². The number of benzene rings is 2. The van der Waals surface area contributed by atoms with Crippen LogP contribution in [-0.4, -0.2) is 6.04 Å². The van der Waals surface area contributed by atoms with Crippen LogP contribution in [-0.2, 0) is 0 Å². The van der Waals surface area contributed by atoms with E-state index in [0.29, 0.717) is 17.8 Å². The van der Waals surface area contributed by atoms with Gasteiger partial charge in [-0.3, -0.25) is 0 Å². The molecule has 1 nitrogen and oxygen atoms in total. The Morgan fingerprint density at radius 3 is 2.42 bits per heavy atom. The summed E-state index contributed by atoms with van der Waals surface area (Å²) >= 11 is 0. The van der Waals surface area contributed by atoms with E-state index in [1.54, 1.807) is 0 Å². The normalized spacial score (nSPS) is 26.2. The van der Waals surface area contributed by atoms with E-state index in [4.69, 9.17) is 5.73 Å². The van der Waals surface area contributed by atoms with Gasteiger partial charge < -0.3 is 5.73 Å². The summed E-state index contributed by atoms with van der Waals surface area (Å²) in [5.74, 6) is 1.47. The molecular formula is C39H47N. The first kappa shape index (κ1) is 29.6. The highest BCUT2D eigenvalue weighted by Gasteiger charge is 2.33. The van der Waals surface area contributed by atoms with Crippen molar-refractivity contribution in [2.45, 2.75) is 77.7 Å².